The Morgan fingerprint density at radius 1 is 1.17 bits per heavy atom. The van der Waals surface area contributed by atoms with Crippen molar-refractivity contribution in [1.82, 2.24) is 16.3 Å². The molecule has 0 aromatic heterocycles. The number of nitrogens with zero attached hydrogens (tertiary/aromatic N) is 3. The highest BCUT2D eigenvalue weighted by atomic mass is 16.6. The number of rotatable bonds is 6. The van der Waals surface area contributed by atoms with Crippen LogP contribution in [0.15, 0.2) is 47.6 Å². The first-order valence-electron chi connectivity index (χ1n) is 8.41. The van der Waals surface area contributed by atoms with Crippen LogP contribution in [0.25, 0.3) is 0 Å². The van der Waals surface area contributed by atoms with Crippen molar-refractivity contribution in [1.29, 1.82) is 0 Å². The van der Waals surface area contributed by atoms with Crippen LogP contribution in [-0.2, 0) is 4.79 Å². The van der Waals surface area contributed by atoms with Crippen LogP contribution in [0.3, 0.4) is 0 Å². The lowest BCUT2D eigenvalue weighted by Crippen LogP contribution is -2.41. The van der Waals surface area contributed by atoms with Crippen molar-refractivity contribution in [2.75, 3.05) is 0 Å². The normalized spacial score (nSPS) is 18.6. The van der Waals surface area contributed by atoms with E-state index in [9.17, 15) is 30.1 Å². The maximum absolute atomic E-state index is 12.2. The Hall–Kier alpha value is -3.90. The Morgan fingerprint density at radius 3 is 2.55 bits per heavy atom. The Labute approximate surface area is 163 Å². The summed E-state index contributed by atoms with van der Waals surface area (Å²) in [5.74, 6) is -1.27. The average Bonchev–Trinajstić information content (AvgIpc) is 3.19. The van der Waals surface area contributed by atoms with Crippen molar-refractivity contribution < 1.29 is 19.7 Å². The van der Waals surface area contributed by atoms with E-state index < -0.39 is 38.9 Å². The summed E-state index contributed by atoms with van der Waals surface area (Å²) in [5, 5.41) is 35.4. The molecule has 0 radical (unpaired) electrons. The van der Waals surface area contributed by atoms with Gasteiger partial charge in [0.1, 0.15) is 6.04 Å². The number of aromatic hydroxyl groups is 1. The Balaban J connectivity index is 1.68. The number of nitro groups is 2. The molecule has 12 heteroatoms. The Morgan fingerprint density at radius 2 is 1.90 bits per heavy atom. The number of carbonyl (C=O) groups excluding carboxylic acids is 1. The minimum atomic E-state index is -0.948. The van der Waals surface area contributed by atoms with Gasteiger partial charge < -0.3 is 5.11 Å². The maximum Gasteiger partial charge on any atom is 0.318 e. The van der Waals surface area contributed by atoms with Gasteiger partial charge in [0, 0.05) is 12.1 Å². The summed E-state index contributed by atoms with van der Waals surface area (Å²) in [6.45, 7) is 0. The third kappa shape index (κ3) is 4.51. The van der Waals surface area contributed by atoms with Crippen LogP contribution in [0.4, 0.5) is 11.4 Å². The number of nitrogens with one attached hydrogen (secondary N) is 3. The molecule has 1 saturated heterocycles. The molecule has 2 aromatic rings. The van der Waals surface area contributed by atoms with Crippen LogP contribution in [0.1, 0.15) is 23.6 Å². The van der Waals surface area contributed by atoms with Crippen molar-refractivity contribution in [3.8, 4) is 5.75 Å². The van der Waals surface area contributed by atoms with Crippen LogP contribution in [-0.4, -0.2) is 33.1 Å². The number of phenolic OH excluding ortho intramolecular Hbond substituents is 1. The fraction of sp³-hybridized carbons (Fsp3) is 0.176. The number of hydrogen-bond donors (Lipinski definition) is 4. The molecule has 29 heavy (non-hydrogen) atoms. The number of nitro benzene ring substituents is 2. The van der Waals surface area contributed by atoms with Crippen molar-refractivity contribution in [2.45, 2.75) is 18.5 Å². The molecule has 1 heterocycles. The fourth-order valence-corrected chi connectivity index (χ4v) is 2.84. The number of carbonyl (C=O) groups is 1. The van der Waals surface area contributed by atoms with E-state index in [-0.39, 0.29) is 11.6 Å². The molecule has 2 atom stereocenters. The van der Waals surface area contributed by atoms with E-state index in [0.717, 1.165) is 17.8 Å². The maximum atomic E-state index is 12.2. The van der Waals surface area contributed by atoms with Gasteiger partial charge in [-0.2, -0.15) is 5.10 Å². The summed E-state index contributed by atoms with van der Waals surface area (Å²) in [4.78, 5) is 32.3. The van der Waals surface area contributed by atoms with Crippen LogP contribution >= 0.6 is 0 Å². The molecule has 2 unspecified atom stereocenters. The topological polar surface area (TPSA) is 172 Å². The van der Waals surface area contributed by atoms with E-state index in [1.54, 1.807) is 0 Å². The van der Waals surface area contributed by atoms with Crippen LogP contribution < -0.4 is 16.3 Å². The van der Waals surface area contributed by atoms with E-state index >= 15 is 0 Å². The number of amides is 1. The average molecular weight is 400 g/mol. The number of hydrogen-bond acceptors (Lipinski definition) is 9. The summed E-state index contributed by atoms with van der Waals surface area (Å²) in [6.07, 6.45) is 1.36. The zero-order valence-corrected chi connectivity index (χ0v) is 14.8. The van der Waals surface area contributed by atoms with Crippen molar-refractivity contribution in [3.05, 3.63) is 73.8 Å². The number of hydrazine groups is 1. The minimum Gasteiger partial charge on any atom is -0.502 e. The summed E-state index contributed by atoms with van der Waals surface area (Å²) in [5.41, 5.74) is 7.42. The third-order valence-corrected chi connectivity index (χ3v) is 4.31. The van der Waals surface area contributed by atoms with E-state index in [2.05, 4.69) is 21.4 Å². The van der Waals surface area contributed by atoms with Gasteiger partial charge in [0.05, 0.1) is 27.7 Å². The number of non-ortho nitro benzene ring substituents is 1. The molecule has 0 aliphatic carbocycles. The summed E-state index contributed by atoms with van der Waals surface area (Å²) >= 11 is 0. The standard InChI is InChI=1S/C17H16N6O6/c24-16-11(6-12(22(26)27)7-15(16)23(28)29)9-18-21-17(25)14-8-13(19-20-14)10-4-2-1-3-5-10/h1-7,9,13-14,19-20,24H,8H2,(H,21,25)/b18-9+. The Kier molecular flexibility index (Phi) is 5.76. The monoisotopic (exact) mass is 400 g/mol. The minimum absolute atomic E-state index is 0.0700. The highest BCUT2D eigenvalue weighted by molar-refractivity contribution is 5.89. The molecule has 1 amide bonds. The summed E-state index contributed by atoms with van der Waals surface area (Å²) < 4.78 is 0. The second-order valence-electron chi connectivity index (χ2n) is 6.19. The smallest absolute Gasteiger partial charge is 0.318 e. The molecule has 1 aliphatic heterocycles. The van der Waals surface area contributed by atoms with Gasteiger partial charge in [0.15, 0.2) is 0 Å². The first-order chi connectivity index (χ1) is 13.9. The molecule has 0 saturated carbocycles. The van der Waals surface area contributed by atoms with Crippen LogP contribution in [0.5, 0.6) is 5.75 Å². The van der Waals surface area contributed by atoms with Gasteiger partial charge in [0.2, 0.25) is 5.75 Å². The van der Waals surface area contributed by atoms with E-state index in [1.807, 2.05) is 30.3 Å². The van der Waals surface area contributed by atoms with Crippen molar-refractivity contribution in [3.63, 3.8) is 0 Å². The third-order valence-electron chi connectivity index (χ3n) is 4.31. The molecule has 0 spiro atoms. The molecule has 1 aliphatic rings. The lowest BCUT2D eigenvalue weighted by molar-refractivity contribution is -0.394. The lowest BCUT2D eigenvalue weighted by atomic mass is 10.0. The summed E-state index contributed by atoms with van der Waals surface area (Å²) in [6, 6.07) is 10.4. The molecule has 2 aromatic carbocycles. The van der Waals surface area contributed by atoms with E-state index in [4.69, 9.17) is 0 Å². The predicted octanol–water partition coefficient (Wildman–Crippen LogP) is 1.27. The molecular weight excluding hydrogens is 384 g/mol. The fourth-order valence-electron chi connectivity index (χ4n) is 2.84. The van der Waals surface area contributed by atoms with E-state index in [1.165, 1.54) is 0 Å². The quantitative estimate of drug-likeness (QED) is 0.319. The first kappa shape index (κ1) is 19.9. The summed E-state index contributed by atoms with van der Waals surface area (Å²) in [7, 11) is 0. The van der Waals surface area contributed by atoms with Crippen molar-refractivity contribution in [2.24, 2.45) is 5.10 Å². The molecule has 3 rings (SSSR count). The Bertz CT molecular complexity index is 980. The number of hydrazone groups is 1. The highest BCUT2D eigenvalue weighted by Gasteiger charge is 2.30. The van der Waals surface area contributed by atoms with Gasteiger partial charge >= 0.3 is 5.69 Å². The van der Waals surface area contributed by atoms with Gasteiger partial charge in [0.25, 0.3) is 11.6 Å². The van der Waals surface area contributed by atoms with Gasteiger partial charge in [-0.1, -0.05) is 30.3 Å². The van der Waals surface area contributed by atoms with Gasteiger partial charge in [-0.25, -0.2) is 16.3 Å². The largest absolute Gasteiger partial charge is 0.502 e. The number of benzene rings is 2. The molecular formula is C17H16N6O6. The lowest BCUT2D eigenvalue weighted by Gasteiger charge is -2.08. The molecule has 150 valence electrons. The molecule has 4 N–H and O–H groups in total. The number of phenols is 1. The van der Waals surface area contributed by atoms with Gasteiger partial charge in [-0.15, -0.1) is 0 Å². The van der Waals surface area contributed by atoms with Crippen molar-refractivity contribution >= 4 is 23.5 Å². The second-order valence-corrected chi connectivity index (χ2v) is 6.19. The molecule has 12 nitrogen and oxygen atoms in total. The predicted molar refractivity (Wildman–Crippen MR) is 101 cm³/mol. The SMILES string of the molecule is O=C(N/N=C/c1cc([N+](=O)[O-])cc([N+](=O)[O-])c1O)C1CC(c2ccccc2)NN1. The highest BCUT2D eigenvalue weighted by Crippen LogP contribution is 2.33. The van der Waals surface area contributed by atoms with Crippen LogP contribution in [0, 0.1) is 20.2 Å². The zero-order valence-electron chi connectivity index (χ0n) is 14.8. The molecule has 0 bridgehead atoms. The van der Waals surface area contributed by atoms with Gasteiger partial charge in [-0.05, 0) is 12.0 Å². The first-order valence-corrected chi connectivity index (χ1v) is 8.41. The van der Waals surface area contributed by atoms with Gasteiger partial charge in [-0.3, -0.25) is 25.0 Å². The van der Waals surface area contributed by atoms with E-state index in [0.29, 0.717) is 12.5 Å². The zero-order chi connectivity index (χ0) is 21.0. The second kappa shape index (κ2) is 8.41. The molecule has 1 fully saturated rings. The van der Waals surface area contributed by atoms with Crippen LogP contribution in [0.2, 0.25) is 0 Å².